The number of benzene rings is 1. The molecule has 1 amide bonds. The van der Waals surface area contributed by atoms with Crippen LogP contribution in [0.1, 0.15) is 26.2 Å². The molecule has 1 saturated heterocycles. The first-order valence-corrected chi connectivity index (χ1v) is 10.7. The lowest BCUT2D eigenvalue weighted by Crippen LogP contribution is -2.51. The Morgan fingerprint density at radius 1 is 1.37 bits per heavy atom. The molecule has 1 aromatic rings. The van der Waals surface area contributed by atoms with Crippen molar-refractivity contribution in [3.05, 3.63) is 24.3 Å². The number of nitrogens with one attached hydrogen (secondary N) is 2. The van der Waals surface area contributed by atoms with Gasteiger partial charge in [0.2, 0.25) is 5.91 Å². The molecule has 0 spiro atoms. The first-order chi connectivity index (χ1) is 14.5. The van der Waals surface area contributed by atoms with Crippen LogP contribution in [-0.2, 0) is 9.53 Å². The van der Waals surface area contributed by atoms with Crippen molar-refractivity contribution in [2.75, 3.05) is 65.5 Å². The number of anilines is 1. The standard InChI is InChI=1S/C22H37N5O3/c1-5-30-14-8-12-23-22(24-16-21(28)26(2)3)25-18-9-7-13-27(17-18)19-10-6-11-20(15-19)29-4/h6,10-11,15,18H,5,7-9,12-14,16-17H2,1-4H3,(H2,23,24,25). The first kappa shape index (κ1) is 23.8. The summed E-state index contributed by atoms with van der Waals surface area (Å²) in [5.74, 6) is 1.52. The molecule has 1 heterocycles. The van der Waals surface area contributed by atoms with Crippen LogP contribution in [0.3, 0.4) is 0 Å². The largest absolute Gasteiger partial charge is 0.497 e. The summed E-state index contributed by atoms with van der Waals surface area (Å²) in [5, 5.41) is 6.87. The van der Waals surface area contributed by atoms with Gasteiger partial charge in [-0.25, -0.2) is 4.99 Å². The molecule has 1 unspecified atom stereocenters. The van der Waals surface area contributed by atoms with Crippen LogP contribution in [0.5, 0.6) is 5.75 Å². The molecule has 1 aromatic carbocycles. The number of piperidine rings is 1. The van der Waals surface area contributed by atoms with Gasteiger partial charge in [-0.05, 0) is 38.3 Å². The minimum Gasteiger partial charge on any atom is -0.497 e. The molecule has 1 aliphatic heterocycles. The SMILES string of the molecule is CCOCCCNC(=NCC(=O)N(C)C)NC1CCCN(c2cccc(OC)c2)C1. The van der Waals surface area contributed by atoms with E-state index in [-0.39, 0.29) is 18.5 Å². The Labute approximate surface area is 180 Å². The van der Waals surface area contributed by atoms with Crippen molar-refractivity contribution in [2.45, 2.75) is 32.2 Å². The number of carbonyl (C=O) groups excluding carboxylic acids is 1. The van der Waals surface area contributed by atoms with Crippen LogP contribution in [0, 0.1) is 0 Å². The maximum absolute atomic E-state index is 12.0. The number of rotatable bonds is 10. The van der Waals surface area contributed by atoms with E-state index in [4.69, 9.17) is 9.47 Å². The Bertz CT molecular complexity index is 680. The second-order valence-corrected chi connectivity index (χ2v) is 7.56. The van der Waals surface area contributed by atoms with E-state index < -0.39 is 0 Å². The molecular weight excluding hydrogens is 382 g/mol. The van der Waals surface area contributed by atoms with E-state index in [1.807, 2.05) is 19.1 Å². The zero-order valence-electron chi connectivity index (χ0n) is 18.8. The molecule has 0 bridgehead atoms. The Balaban J connectivity index is 1.97. The lowest BCUT2D eigenvalue weighted by atomic mass is 10.0. The topological polar surface area (TPSA) is 78.4 Å². The number of hydrogen-bond acceptors (Lipinski definition) is 5. The van der Waals surface area contributed by atoms with E-state index in [9.17, 15) is 4.79 Å². The molecule has 1 atom stereocenters. The van der Waals surface area contributed by atoms with Crippen molar-refractivity contribution in [3.63, 3.8) is 0 Å². The molecule has 2 N–H and O–H groups in total. The monoisotopic (exact) mass is 419 g/mol. The maximum Gasteiger partial charge on any atom is 0.243 e. The molecule has 0 radical (unpaired) electrons. The average Bonchev–Trinajstić information content (AvgIpc) is 2.77. The van der Waals surface area contributed by atoms with E-state index in [1.165, 1.54) is 0 Å². The number of hydrogen-bond donors (Lipinski definition) is 2. The van der Waals surface area contributed by atoms with E-state index in [1.54, 1.807) is 26.1 Å². The molecule has 0 aliphatic carbocycles. The van der Waals surface area contributed by atoms with Gasteiger partial charge in [-0.2, -0.15) is 0 Å². The number of nitrogens with zero attached hydrogens (tertiary/aromatic N) is 3. The quantitative estimate of drug-likeness (QED) is 0.342. The van der Waals surface area contributed by atoms with Gasteiger partial charge in [0.25, 0.3) is 0 Å². The van der Waals surface area contributed by atoms with Gasteiger partial charge in [0.05, 0.1) is 7.11 Å². The third-order valence-corrected chi connectivity index (χ3v) is 5.01. The molecule has 30 heavy (non-hydrogen) atoms. The number of aliphatic imine (C=N–C) groups is 1. The number of carbonyl (C=O) groups is 1. The zero-order chi connectivity index (χ0) is 21.8. The lowest BCUT2D eigenvalue weighted by Gasteiger charge is -2.35. The average molecular weight is 420 g/mol. The number of guanidine groups is 1. The Morgan fingerprint density at radius 3 is 2.93 bits per heavy atom. The molecular formula is C22H37N5O3. The normalized spacial score (nSPS) is 16.9. The molecule has 8 heteroatoms. The van der Waals surface area contributed by atoms with Gasteiger partial charge in [0, 0.05) is 64.7 Å². The van der Waals surface area contributed by atoms with Gasteiger partial charge >= 0.3 is 0 Å². The fourth-order valence-electron chi connectivity index (χ4n) is 3.30. The van der Waals surface area contributed by atoms with E-state index in [0.717, 1.165) is 56.9 Å². The number of ether oxygens (including phenoxy) is 2. The summed E-state index contributed by atoms with van der Waals surface area (Å²) in [5.41, 5.74) is 1.16. The van der Waals surface area contributed by atoms with E-state index in [2.05, 4.69) is 32.7 Å². The minimum absolute atomic E-state index is 0.0212. The minimum atomic E-state index is -0.0212. The smallest absolute Gasteiger partial charge is 0.243 e. The van der Waals surface area contributed by atoms with E-state index >= 15 is 0 Å². The number of methoxy groups -OCH3 is 1. The van der Waals surface area contributed by atoms with Crippen molar-refractivity contribution in [3.8, 4) is 5.75 Å². The van der Waals surface area contributed by atoms with Crippen LogP contribution in [0.2, 0.25) is 0 Å². The molecule has 1 aliphatic rings. The molecule has 0 aromatic heterocycles. The van der Waals surface area contributed by atoms with Crippen molar-refractivity contribution in [2.24, 2.45) is 4.99 Å². The second-order valence-electron chi connectivity index (χ2n) is 7.56. The van der Waals surface area contributed by atoms with Crippen LogP contribution >= 0.6 is 0 Å². The summed E-state index contributed by atoms with van der Waals surface area (Å²) in [6.07, 6.45) is 3.03. The van der Waals surface area contributed by atoms with Crippen LogP contribution < -0.4 is 20.3 Å². The number of amides is 1. The molecule has 168 valence electrons. The lowest BCUT2D eigenvalue weighted by molar-refractivity contribution is -0.127. The fourth-order valence-corrected chi connectivity index (χ4v) is 3.30. The van der Waals surface area contributed by atoms with Gasteiger partial charge in [-0.3, -0.25) is 4.79 Å². The second kappa shape index (κ2) is 13.0. The first-order valence-electron chi connectivity index (χ1n) is 10.7. The summed E-state index contributed by atoms with van der Waals surface area (Å²) >= 11 is 0. The van der Waals surface area contributed by atoms with Crippen LogP contribution in [0.25, 0.3) is 0 Å². The van der Waals surface area contributed by atoms with Crippen LogP contribution in [0.15, 0.2) is 29.3 Å². The van der Waals surface area contributed by atoms with Gasteiger partial charge in [-0.15, -0.1) is 0 Å². The Hall–Kier alpha value is -2.48. The molecule has 8 nitrogen and oxygen atoms in total. The summed E-state index contributed by atoms with van der Waals surface area (Å²) in [6.45, 7) is 6.17. The highest BCUT2D eigenvalue weighted by atomic mass is 16.5. The highest BCUT2D eigenvalue weighted by Gasteiger charge is 2.21. The predicted molar refractivity (Wildman–Crippen MR) is 121 cm³/mol. The van der Waals surface area contributed by atoms with Crippen molar-refractivity contribution in [1.82, 2.24) is 15.5 Å². The van der Waals surface area contributed by atoms with Crippen LogP contribution in [-0.4, -0.2) is 83.4 Å². The Kier molecular flexibility index (Phi) is 10.3. The third kappa shape index (κ3) is 8.10. The molecule has 1 fully saturated rings. The predicted octanol–water partition coefficient (Wildman–Crippen LogP) is 1.71. The van der Waals surface area contributed by atoms with Crippen molar-refractivity contribution < 1.29 is 14.3 Å². The van der Waals surface area contributed by atoms with Gasteiger partial charge in [0.15, 0.2) is 5.96 Å². The Morgan fingerprint density at radius 2 is 2.20 bits per heavy atom. The zero-order valence-corrected chi connectivity index (χ0v) is 18.8. The maximum atomic E-state index is 12.0. The molecule has 2 rings (SSSR count). The summed E-state index contributed by atoms with van der Waals surface area (Å²) < 4.78 is 10.8. The number of likely N-dealkylation sites (N-methyl/N-ethyl adjacent to an activating group) is 1. The summed E-state index contributed by atoms with van der Waals surface area (Å²) in [4.78, 5) is 20.4. The summed E-state index contributed by atoms with van der Waals surface area (Å²) in [6, 6.07) is 8.41. The van der Waals surface area contributed by atoms with Gasteiger partial charge in [-0.1, -0.05) is 6.07 Å². The highest BCUT2D eigenvalue weighted by molar-refractivity contribution is 5.85. The molecule has 0 saturated carbocycles. The van der Waals surface area contributed by atoms with Crippen LogP contribution in [0.4, 0.5) is 5.69 Å². The fraction of sp³-hybridized carbons (Fsp3) is 0.636. The van der Waals surface area contributed by atoms with Crippen molar-refractivity contribution in [1.29, 1.82) is 0 Å². The van der Waals surface area contributed by atoms with E-state index in [0.29, 0.717) is 12.6 Å². The van der Waals surface area contributed by atoms with Crippen molar-refractivity contribution >= 4 is 17.6 Å². The summed E-state index contributed by atoms with van der Waals surface area (Å²) in [7, 11) is 5.18. The highest BCUT2D eigenvalue weighted by Crippen LogP contribution is 2.24. The van der Waals surface area contributed by atoms with Gasteiger partial charge in [0.1, 0.15) is 12.3 Å². The third-order valence-electron chi connectivity index (χ3n) is 5.01. The van der Waals surface area contributed by atoms with Gasteiger partial charge < -0.3 is 29.9 Å².